The normalized spacial score (nSPS) is 26.0. The number of ether oxygens (including phenoxy) is 1. The van der Waals surface area contributed by atoms with Crippen molar-refractivity contribution in [2.24, 2.45) is 0 Å². The molecule has 1 aromatic heterocycles. The van der Waals surface area contributed by atoms with Crippen LogP contribution in [0, 0.1) is 0 Å². The molecule has 1 aromatic carbocycles. The fourth-order valence-corrected chi connectivity index (χ4v) is 8.49. The molecule has 0 bridgehead atoms. The Labute approximate surface area is 181 Å². The van der Waals surface area contributed by atoms with E-state index in [9.17, 15) is 8.42 Å². The average Bonchev–Trinajstić information content (AvgIpc) is 3.29. The van der Waals surface area contributed by atoms with Crippen molar-refractivity contribution in [3.8, 4) is 5.75 Å². The van der Waals surface area contributed by atoms with Crippen molar-refractivity contribution in [1.82, 2.24) is 15.0 Å². The summed E-state index contributed by atoms with van der Waals surface area (Å²) >= 11 is 1.99. The van der Waals surface area contributed by atoms with Gasteiger partial charge in [0.25, 0.3) is 0 Å². The summed E-state index contributed by atoms with van der Waals surface area (Å²) in [7, 11) is -1.53. The van der Waals surface area contributed by atoms with Crippen LogP contribution in [0.3, 0.4) is 0 Å². The van der Waals surface area contributed by atoms with Gasteiger partial charge in [-0.15, -0.1) is 0 Å². The Bertz CT molecular complexity index is 994. The molecule has 0 aliphatic carbocycles. The molecule has 4 heterocycles. The van der Waals surface area contributed by atoms with E-state index in [-0.39, 0.29) is 11.7 Å². The Kier molecular flexibility index (Phi) is 5.31. The van der Waals surface area contributed by atoms with Gasteiger partial charge in [-0.05, 0) is 48.5 Å². The molecule has 2 aromatic rings. The second kappa shape index (κ2) is 7.84. The topological polar surface area (TPSA) is 85.5 Å². The molecule has 0 N–H and O–H groups in total. The van der Waals surface area contributed by atoms with Crippen LogP contribution in [0.2, 0.25) is 0 Å². The molecule has 162 valence electrons. The zero-order chi connectivity index (χ0) is 20.8. The highest BCUT2D eigenvalue weighted by Crippen LogP contribution is 2.50. The van der Waals surface area contributed by atoms with Gasteiger partial charge in [0.15, 0.2) is 15.7 Å². The Balaban J connectivity index is 1.32. The smallest absolute Gasteiger partial charge is 0.231 e. The summed E-state index contributed by atoms with van der Waals surface area (Å²) in [6.07, 6.45) is 3.42. The molecule has 5 rings (SSSR count). The number of benzene rings is 1. The molecule has 30 heavy (non-hydrogen) atoms. The van der Waals surface area contributed by atoms with Gasteiger partial charge in [0.2, 0.25) is 5.89 Å². The summed E-state index contributed by atoms with van der Waals surface area (Å²) in [5.41, 5.74) is 1.06. The predicted molar refractivity (Wildman–Crippen MR) is 116 cm³/mol. The van der Waals surface area contributed by atoms with Crippen LogP contribution >= 0.6 is 11.8 Å². The molecule has 3 saturated heterocycles. The van der Waals surface area contributed by atoms with Crippen LogP contribution in [0.4, 0.5) is 0 Å². The number of hydrogen-bond acceptors (Lipinski definition) is 8. The number of rotatable bonds is 5. The Morgan fingerprint density at radius 3 is 2.63 bits per heavy atom. The molecule has 9 heteroatoms. The zero-order valence-electron chi connectivity index (χ0n) is 17.1. The monoisotopic (exact) mass is 449 g/mol. The molecule has 1 spiro atoms. The number of sulfone groups is 1. The minimum Gasteiger partial charge on any atom is -0.497 e. The van der Waals surface area contributed by atoms with Gasteiger partial charge in [0.05, 0.1) is 18.8 Å². The van der Waals surface area contributed by atoms with Crippen molar-refractivity contribution in [1.29, 1.82) is 0 Å². The second-order valence-electron chi connectivity index (χ2n) is 8.55. The summed E-state index contributed by atoms with van der Waals surface area (Å²) in [6, 6.07) is 8.27. The second-order valence-corrected chi connectivity index (χ2v) is 12.2. The lowest BCUT2D eigenvalue weighted by Crippen LogP contribution is -2.68. The highest BCUT2D eigenvalue weighted by atomic mass is 32.2. The van der Waals surface area contributed by atoms with E-state index >= 15 is 0 Å². The van der Waals surface area contributed by atoms with Gasteiger partial charge in [-0.3, -0.25) is 4.90 Å². The van der Waals surface area contributed by atoms with Crippen LogP contribution < -0.4 is 4.74 Å². The van der Waals surface area contributed by atoms with Crippen LogP contribution in [-0.2, 0) is 16.3 Å². The van der Waals surface area contributed by atoms with Crippen molar-refractivity contribution < 1.29 is 17.7 Å². The minimum absolute atomic E-state index is 0.200. The lowest BCUT2D eigenvalue weighted by atomic mass is 9.81. The maximum absolute atomic E-state index is 13.0. The third-order valence-corrected chi connectivity index (χ3v) is 10.5. The van der Waals surface area contributed by atoms with Crippen molar-refractivity contribution >= 4 is 21.6 Å². The summed E-state index contributed by atoms with van der Waals surface area (Å²) in [5.74, 6) is 4.23. The van der Waals surface area contributed by atoms with Crippen molar-refractivity contribution in [3.63, 3.8) is 0 Å². The summed E-state index contributed by atoms with van der Waals surface area (Å²) in [6.45, 7) is 1.21. The average molecular weight is 450 g/mol. The minimum atomic E-state index is -3.16. The molecule has 0 saturated carbocycles. The van der Waals surface area contributed by atoms with E-state index in [0.717, 1.165) is 24.2 Å². The molecule has 0 radical (unpaired) electrons. The maximum Gasteiger partial charge on any atom is 0.231 e. The summed E-state index contributed by atoms with van der Waals surface area (Å²) in [4.78, 5) is 6.98. The van der Waals surface area contributed by atoms with E-state index in [1.807, 2.05) is 36.0 Å². The van der Waals surface area contributed by atoms with Gasteiger partial charge in [-0.2, -0.15) is 16.7 Å². The first-order valence-corrected chi connectivity index (χ1v) is 13.3. The molecule has 3 aliphatic rings. The van der Waals surface area contributed by atoms with E-state index in [1.165, 1.54) is 11.5 Å². The Morgan fingerprint density at radius 1 is 1.20 bits per heavy atom. The van der Waals surface area contributed by atoms with Gasteiger partial charge in [-0.1, -0.05) is 17.3 Å². The van der Waals surface area contributed by atoms with Crippen molar-refractivity contribution in [2.75, 3.05) is 37.5 Å². The van der Waals surface area contributed by atoms with Crippen LogP contribution in [0.5, 0.6) is 5.75 Å². The largest absolute Gasteiger partial charge is 0.497 e. The lowest BCUT2D eigenvalue weighted by Gasteiger charge is -2.53. The number of aromatic nitrogens is 2. The van der Waals surface area contributed by atoms with Gasteiger partial charge in [-0.25, -0.2) is 8.42 Å². The van der Waals surface area contributed by atoms with Crippen molar-refractivity contribution in [2.45, 2.75) is 42.4 Å². The first-order chi connectivity index (χ1) is 14.5. The summed E-state index contributed by atoms with van der Waals surface area (Å²) < 4.78 is 36.1. The van der Waals surface area contributed by atoms with Crippen LogP contribution in [0.25, 0.3) is 0 Å². The molecule has 1 unspecified atom stereocenters. The van der Waals surface area contributed by atoms with Crippen LogP contribution in [0.1, 0.15) is 42.5 Å². The SMILES string of the molecule is COc1ccc(Cc2noc(C3CCS(=O)(=O)C34CN(C3CCSCC3)C4)n2)cc1. The first-order valence-electron chi connectivity index (χ1n) is 10.5. The Morgan fingerprint density at radius 2 is 1.93 bits per heavy atom. The number of nitrogens with zero attached hydrogens (tertiary/aromatic N) is 3. The van der Waals surface area contributed by atoms with E-state index in [2.05, 4.69) is 15.0 Å². The van der Waals surface area contributed by atoms with Crippen LogP contribution in [-0.4, -0.2) is 71.7 Å². The standard InChI is InChI=1S/C21H27N3O4S2/c1-27-17-4-2-15(3-5-17)12-19-22-20(28-23-19)18-8-11-30(25,26)21(18)13-24(14-21)16-6-9-29-10-7-16/h2-5,16,18H,6-14H2,1H3. The molecule has 3 aliphatic heterocycles. The highest BCUT2D eigenvalue weighted by Gasteiger charge is 2.64. The number of hydrogen-bond donors (Lipinski definition) is 0. The number of likely N-dealkylation sites (tertiary alicyclic amines) is 1. The van der Waals surface area contributed by atoms with Crippen molar-refractivity contribution in [3.05, 3.63) is 41.5 Å². The molecular weight excluding hydrogens is 422 g/mol. The number of methoxy groups -OCH3 is 1. The quantitative estimate of drug-likeness (QED) is 0.688. The van der Waals surface area contributed by atoms with Gasteiger partial charge in [0.1, 0.15) is 10.5 Å². The van der Waals surface area contributed by atoms with E-state index in [4.69, 9.17) is 9.26 Å². The zero-order valence-corrected chi connectivity index (χ0v) is 18.8. The molecular formula is C21H27N3O4S2. The number of thioether (sulfide) groups is 1. The Hall–Kier alpha value is -1.58. The fourth-order valence-electron chi connectivity index (χ4n) is 5.08. The van der Waals surface area contributed by atoms with E-state index in [0.29, 0.717) is 43.7 Å². The van der Waals surface area contributed by atoms with Gasteiger partial charge < -0.3 is 9.26 Å². The van der Waals surface area contributed by atoms with Crippen LogP contribution in [0.15, 0.2) is 28.8 Å². The fraction of sp³-hybridized carbons (Fsp3) is 0.619. The maximum atomic E-state index is 13.0. The van der Waals surface area contributed by atoms with E-state index < -0.39 is 14.6 Å². The van der Waals surface area contributed by atoms with Gasteiger partial charge >= 0.3 is 0 Å². The molecule has 3 fully saturated rings. The molecule has 0 amide bonds. The third kappa shape index (κ3) is 3.44. The highest BCUT2D eigenvalue weighted by molar-refractivity contribution is 7.99. The third-order valence-electron chi connectivity index (χ3n) is 6.88. The van der Waals surface area contributed by atoms with E-state index in [1.54, 1.807) is 7.11 Å². The summed E-state index contributed by atoms with van der Waals surface area (Å²) in [5, 5.41) is 4.15. The predicted octanol–water partition coefficient (Wildman–Crippen LogP) is 2.52. The lowest BCUT2D eigenvalue weighted by molar-refractivity contribution is 0.0496. The molecule has 1 atom stereocenters. The van der Waals surface area contributed by atoms with Gasteiger partial charge in [0, 0.05) is 25.6 Å². The molecule has 7 nitrogen and oxygen atoms in total. The first kappa shape index (κ1) is 20.3.